The molecule has 1 heterocycles. The molecule has 1 aliphatic carbocycles. The Morgan fingerprint density at radius 3 is 3.00 bits per heavy atom. The van der Waals surface area contributed by atoms with Crippen LogP contribution in [0, 0.1) is 0 Å². The van der Waals surface area contributed by atoms with Gasteiger partial charge in [0, 0.05) is 12.6 Å². The fourth-order valence-electron chi connectivity index (χ4n) is 1.51. The van der Waals surface area contributed by atoms with Crippen molar-refractivity contribution >= 4 is 0 Å². The Morgan fingerprint density at radius 1 is 1.62 bits per heavy atom. The molecular weight excluding hydrogens is 164 g/mol. The van der Waals surface area contributed by atoms with Gasteiger partial charge in [-0.2, -0.15) is 0 Å². The predicted octanol–water partition coefficient (Wildman–Crippen LogP) is 1.42. The van der Waals surface area contributed by atoms with Gasteiger partial charge in [0.1, 0.15) is 5.76 Å². The molecule has 0 radical (unpaired) electrons. The smallest absolute Gasteiger partial charge is 0.121 e. The average molecular weight is 180 g/mol. The van der Waals surface area contributed by atoms with Crippen LogP contribution in [-0.2, 0) is 0 Å². The second-order valence-corrected chi connectivity index (χ2v) is 3.66. The summed E-state index contributed by atoms with van der Waals surface area (Å²) in [5, 5.41) is 3.42. The number of hydrogen-bond acceptors (Lipinski definition) is 3. The predicted molar refractivity (Wildman–Crippen MR) is 51.3 cm³/mol. The molecule has 3 nitrogen and oxygen atoms in total. The first kappa shape index (κ1) is 8.78. The van der Waals surface area contributed by atoms with Crippen molar-refractivity contribution in [2.24, 2.45) is 5.73 Å². The fourth-order valence-corrected chi connectivity index (χ4v) is 1.51. The lowest BCUT2D eigenvalue weighted by atomic mass is 9.93. The average Bonchev–Trinajstić information content (AvgIpc) is 2.52. The van der Waals surface area contributed by atoms with Gasteiger partial charge in [0.25, 0.3) is 0 Å². The first-order chi connectivity index (χ1) is 6.36. The highest BCUT2D eigenvalue weighted by Gasteiger charge is 2.18. The summed E-state index contributed by atoms with van der Waals surface area (Å²) < 4.78 is 5.21. The van der Waals surface area contributed by atoms with E-state index in [-0.39, 0.29) is 6.04 Å². The van der Waals surface area contributed by atoms with Gasteiger partial charge in [0.15, 0.2) is 0 Å². The van der Waals surface area contributed by atoms with E-state index in [0.717, 1.165) is 12.3 Å². The molecule has 0 saturated heterocycles. The van der Waals surface area contributed by atoms with Crippen LogP contribution in [0.15, 0.2) is 22.8 Å². The van der Waals surface area contributed by atoms with Crippen LogP contribution in [0.5, 0.6) is 0 Å². The van der Waals surface area contributed by atoms with Crippen LogP contribution in [0.1, 0.15) is 31.1 Å². The maximum atomic E-state index is 5.91. The maximum absolute atomic E-state index is 5.91. The van der Waals surface area contributed by atoms with E-state index in [1.165, 1.54) is 19.3 Å². The molecule has 0 aliphatic heterocycles. The lowest BCUT2D eigenvalue weighted by molar-refractivity contribution is 0.324. The Hall–Kier alpha value is -0.800. The molecule has 1 aliphatic rings. The molecule has 3 heteroatoms. The number of furan rings is 1. The molecular formula is C10H16N2O. The maximum Gasteiger partial charge on any atom is 0.121 e. The number of nitrogens with two attached hydrogens (primary N) is 1. The SMILES string of the molecule is NC(CNC1CCC1)c1ccco1. The van der Waals surface area contributed by atoms with Crippen molar-refractivity contribution in [2.45, 2.75) is 31.3 Å². The number of hydrogen-bond donors (Lipinski definition) is 2. The standard InChI is InChI=1S/C10H16N2O/c11-9(10-5-2-6-13-10)7-12-8-3-1-4-8/h2,5-6,8-9,12H,1,3-4,7,11H2. The van der Waals surface area contributed by atoms with Gasteiger partial charge in [-0.1, -0.05) is 6.42 Å². The molecule has 1 fully saturated rings. The molecule has 1 unspecified atom stereocenters. The largest absolute Gasteiger partial charge is 0.468 e. The van der Waals surface area contributed by atoms with E-state index in [1.807, 2.05) is 12.1 Å². The van der Waals surface area contributed by atoms with E-state index >= 15 is 0 Å². The van der Waals surface area contributed by atoms with E-state index in [2.05, 4.69) is 5.32 Å². The van der Waals surface area contributed by atoms with Crippen molar-refractivity contribution in [3.8, 4) is 0 Å². The number of nitrogens with one attached hydrogen (secondary N) is 1. The van der Waals surface area contributed by atoms with Crippen LogP contribution in [0.4, 0.5) is 0 Å². The van der Waals surface area contributed by atoms with Gasteiger partial charge in [-0.15, -0.1) is 0 Å². The molecule has 1 saturated carbocycles. The lowest BCUT2D eigenvalue weighted by Gasteiger charge is -2.27. The minimum atomic E-state index is -0.00407. The summed E-state index contributed by atoms with van der Waals surface area (Å²) in [6, 6.07) is 4.49. The van der Waals surface area contributed by atoms with E-state index in [0.29, 0.717) is 6.04 Å². The van der Waals surface area contributed by atoms with Gasteiger partial charge < -0.3 is 15.5 Å². The molecule has 1 atom stereocenters. The number of rotatable bonds is 4. The summed E-state index contributed by atoms with van der Waals surface area (Å²) in [6.07, 6.45) is 5.61. The van der Waals surface area contributed by atoms with Crippen molar-refractivity contribution in [2.75, 3.05) is 6.54 Å². The summed E-state index contributed by atoms with van der Waals surface area (Å²) in [5.41, 5.74) is 5.91. The minimum absolute atomic E-state index is 0.00407. The molecule has 0 amide bonds. The van der Waals surface area contributed by atoms with Gasteiger partial charge in [-0.25, -0.2) is 0 Å². The molecule has 0 spiro atoms. The summed E-state index contributed by atoms with van der Waals surface area (Å²) in [4.78, 5) is 0. The van der Waals surface area contributed by atoms with Crippen molar-refractivity contribution in [1.29, 1.82) is 0 Å². The summed E-state index contributed by atoms with van der Waals surface area (Å²) >= 11 is 0. The third-order valence-corrected chi connectivity index (χ3v) is 2.64. The molecule has 0 bridgehead atoms. The zero-order valence-corrected chi connectivity index (χ0v) is 7.70. The summed E-state index contributed by atoms with van der Waals surface area (Å²) in [6.45, 7) is 0.818. The summed E-state index contributed by atoms with van der Waals surface area (Å²) in [7, 11) is 0. The van der Waals surface area contributed by atoms with Gasteiger partial charge in [-0.3, -0.25) is 0 Å². The highest BCUT2D eigenvalue weighted by atomic mass is 16.3. The Morgan fingerprint density at radius 2 is 2.46 bits per heavy atom. The van der Waals surface area contributed by atoms with Crippen LogP contribution in [0.3, 0.4) is 0 Å². The highest BCUT2D eigenvalue weighted by molar-refractivity contribution is 5.04. The van der Waals surface area contributed by atoms with E-state index in [4.69, 9.17) is 10.2 Å². The van der Waals surface area contributed by atoms with Gasteiger partial charge in [0.05, 0.1) is 12.3 Å². The Labute approximate surface area is 78.3 Å². The third kappa shape index (κ3) is 2.11. The lowest BCUT2D eigenvalue weighted by Crippen LogP contribution is -2.39. The fraction of sp³-hybridized carbons (Fsp3) is 0.600. The topological polar surface area (TPSA) is 51.2 Å². The molecule has 0 aromatic carbocycles. The summed E-state index contributed by atoms with van der Waals surface area (Å²) in [5.74, 6) is 0.867. The molecule has 1 aromatic rings. The Bertz CT molecular complexity index is 241. The van der Waals surface area contributed by atoms with E-state index in [1.54, 1.807) is 6.26 Å². The quantitative estimate of drug-likeness (QED) is 0.736. The van der Waals surface area contributed by atoms with Gasteiger partial charge in [0.2, 0.25) is 0 Å². The minimum Gasteiger partial charge on any atom is -0.468 e. The van der Waals surface area contributed by atoms with Crippen molar-refractivity contribution in [3.63, 3.8) is 0 Å². The normalized spacial score (nSPS) is 19.8. The van der Waals surface area contributed by atoms with Gasteiger partial charge >= 0.3 is 0 Å². The van der Waals surface area contributed by atoms with Crippen LogP contribution in [0.25, 0.3) is 0 Å². The molecule has 1 aromatic heterocycles. The molecule has 13 heavy (non-hydrogen) atoms. The van der Waals surface area contributed by atoms with Crippen LogP contribution in [0.2, 0.25) is 0 Å². The zero-order chi connectivity index (χ0) is 9.10. The van der Waals surface area contributed by atoms with Crippen LogP contribution in [-0.4, -0.2) is 12.6 Å². The monoisotopic (exact) mass is 180 g/mol. The van der Waals surface area contributed by atoms with Crippen molar-refractivity contribution in [3.05, 3.63) is 24.2 Å². The second kappa shape index (κ2) is 3.94. The molecule has 3 N–H and O–H groups in total. The van der Waals surface area contributed by atoms with Gasteiger partial charge in [-0.05, 0) is 25.0 Å². The molecule has 72 valence electrons. The molecule has 2 rings (SSSR count). The Balaban J connectivity index is 1.74. The zero-order valence-electron chi connectivity index (χ0n) is 7.70. The van der Waals surface area contributed by atoms with Crippen LogP contribution < -0.4 is 11.1 Å². The Kier molecular flexibility index (Phi) is 2.66. The van der Waals surface area contributed by atoms with E-state index < -0.39 is 0 Å². The van der Waals surface area contributed by atoms with Crippen LogP contribution >= 0.6 is 0 Å². The van der Waals surface area contributed by atoms with Crippen molar-refractivity contribution < 1.29 is 4.42 Å². The first-order valence-electron chi connectivity index (χ1n) is 4.88. The van der Waals surface area contributed by atoms with Crippen molar-refractivity contribution in [1.82, 2.24) is 5.32 Å². The van der Waals surface area contributed by atoms with E-state index in [9.17, 15) is 0 Å². The highest BCUT2D eigenvalue weighted by Crippen LogP contribution is 2.18. The first-order valence-corrected chi connectivity index (χ1v) is 4.88. The second-order valence-electron chi connectivity index (χ2n) is 3.66. The third-order valence-electron chi connectivity index (χ3n) is 2.64.